The molecule has 0 aromatic heterocycles. The van der Waals surface area contributed by atoms with Crippen molar-refractivity contribution in [3.63, 3.8) is 0 Å². The van der Waals surface area contributed by atoms with E-state index >= 15 is 0 Å². The molecule has 24 heavy (non-hydrogen) atoms. The lowest BCUT2D eigenvalue weighted by molar-refractivity contribution is -0.122. The van der Waals surface area contributed by atoms with Gasteiger partial charge in [0.15, 0.2) is 5.96 Å². The van der Waals surface area contributed by atoms with Crippen molar-refractivity contribution >= 4 is 35.8 Å². The van der Waals surface area contributed by atoms with Gasteiger partial charge in [0.25, 0.3) is 0 Å². The van der Waals surface area contributed by atoms with Gasteiger partial charge in [-0.1, -0.05) is 0 Å². The minimum Gasteiger partial charge on any atom is -0.357 e. The second-order valence-corrected chi connectivity index (χ2v) is 5.42. The monoisotopic (exact) mass is 452 g/mol. The molecule has 0 heterocycles. The molecule has 0 spiro atoms. The van der Waals surface area contributed by atoms with Crippen molar-refractivity contribution < 1.29 is 13.6 Å². The van der Waals surface area contributed by atoms with E-state index in [1.165, 1.54) is 0 Å². The second-order valence-electron chi connectivity index (χ2n) is 5.42. The van der Waals surface area contributed by atoms with Crippen molar-refractivity contribution in [2.24, 2.45) is 10.9 Å². The van der Waals surface area contributed by atoms with Crippen molar-refractivity contribution in [2.45, 2.75) is 26.3 Å². The normalized spacial score (nSPS) is 13.9. The average molecular weight is 452 g/mol. The molecule has 0 unspecified atom stereocenters. The van der Waals surface area contributed by atoms with Crippen LogP contribution in [0.5, 0.6) is 0 Å². The number of carbonyl (C=O) groups is 1. The summed E-state index contributed by atoms with van der Waals surface area (Å²) in [6.07, 6.45) is 1.95. The molecular weight excluding hydrogens is 429 g/mol. The van der Waals surface area contributed by atoms with Gasteiger partial charge in [-0.2, -0.15) is 0 Å². The zero-order valence-electron chi connectivity index (χ0n) is 13.6. The van der Waals surface area contributed by atoms with Crippen molar-refractivity contribution in [3.8, 4) is 0 Å². The molecule has 0 bridgehead atoms. The molecule has 1 aliphatic carbocycles. The Morgan fingerprint density at radius 2 is 1.92 bits per heavy atom. The van der Waals surface area contributed by atoms with Crippen LogP contribution in [0.3, 0.4) is 0 Å². The molecule has 0 atom stereocenters. The molecule has 1 saturated carbocycles. The van der Waals surface area contributed by atoms with Gasteiger partial charge in [-0.25, -0.2) is 13.8 Å². The van der Waals surface area contributed by atoms with E-state index in [0.717, 1.165) is 31.0 Å². The summed E-state index contributed by atoms with van der Waals surface area (Å²) in [5.41, 5.74) is 0.198. The molecule has 1 fully saturated rings. The Hall–Kier alpha value is -1.45. The van der Waals surface area contributed by atoms with Gasteiger partial charge in [0.2, 0.25) is 5.91 Å². The Kier molecular flexibility index (Phi) is 8.94. The highest BCUT2D eigenvalue weighted by Crippen LogP contribution is 2.28. The van der Waals surface area contributed by atoms with Crippen molar-refractivity contribution in [1.29, 1.82) is 0 Å². The summed E-state index contributed by atoms with van der Waals surface area (Å²) >= 11 is 0. The summed E-state index contributed by atoms with van der Waals surface area (Å²) in [6.45, 7) is 3.60. The van der Waals surface area contributed by atoms with E-state index in [4.69, 9.17) is 0 Å². The van der Waals surface area contributed by atoms with Gasteiger partial charge in [0.1, 0.15) is 11.6 Å². The molecular formula is C16H23F2IN4O. The molecule has 1 aromatic carbocycles. The van der Waals surface area contributed by atoms with Crippen LogP contribution in [0, 0.1) is 17.6 Å². The topological polar surface area (TPSA) is 65.5 Å². The molecule has 1 aliphatic rings. The van der Waals surface area contributed by atoms with Crippen LogP contribution < -0.4 is 16.0 Å². The largest absolute Gasteiger partial charge is 0.357 e. The number of nitrogens with zero attached hydrogens (tertiary/aromatic N) is 1. The summed E-state index contributed by atoms with van der Waals surface area (Å²) in [7, 11) is 0. The maximum Gasteiger partial charge on any atom is 0.223 e. The van der Waals surface area contributed by atoms with Gasteiger partial charge in [-0.3, -0.25) is 4.79 Å². The molecule has 134 valence electrons. The fraction of sp³-hybridized carbons (Fsp3) is 0.500. The molecule has 3 N–H and O–H groups in total. The number of guanidine groups is 1. The van der Waals surface area contributed by atoms with E-state index in [2.05, 4.69) is 20.9 Å². The fourth-order valence-corrected chi connectivity index (χ4v) is 2.03. The molecule has 1 aromatic rings. The second kappa shape index (κ2) is 10.4. The summed E-state index contributed by atoms with van der Waals surface area (Å²) in [5.74, 6) is -0.194. The first-order valence-corrected chi connectivity index (χ1v) is 7.84. The van der Waals surface area contributed by atoms with Gasteiger partial charge >= 0.3 is 0 Å². The number of amides is 1. The van der Waals surface area contributed by atoms with Crippen LogP contribution >= 0.6 is 24.0 Å². The van der Waals surface area contributed by atoms with Crippen LogP contribution in [0.1, 0.15) is 25.3 Å². The lowest BCUT2D eigenvalue weighted by Gasteiger charge is -2.12. The number of aliphatic imine (C=N–C) groups is 1. The maximum absolute atomic E-state index is 13.6. The highest BCUT2D eigenvalue weighted by molar-refractivity contribution is 14.0. The number of benzene rings is 1. The zero-order valence-corrected chi connectivity index (χ0v) is 15.9. The first kappa shape index (κ1) is 20.6. The zero-order chi connectivity index (χ0) is 16.7. The Balaban J connectivity index is 0.00000288. The van der Waals surface area contributed by atoms with Crippen molar-refractivity contribution in [3.05, 3.63) is 35.4 Å². The molecule has 2 rings (SSSR count). The predicted molar refractivity (Wildman–Crippen MR) is 100 cm³/mol. The van der Waals surface area contributed by atoms with Crippen LogP contribution in [-0.4, -0.2) is 31.5 Å². The first-order chi connectivity index (χ1) is 11.1. The Morgan fingerprint density at radius 3 is 2.58 bits per heavy atom. The van der Waals surface area contributed by atoms with E-state index in [1.54, 1.807) is 0 Å². The molecule has 0 radical (unpaired) electrons. The minimum absolute atomic E-state index is 0. The number of hydrogen-bond acceptors (Lipinski definition) is 2. The van der Waals surface area contributed by atoms with E-state index in [0.29, 0.717) is 25.6 Å². The van der Waals surface area contributed by atoms with E-state index < -0.39 is 11.6 Å². The minimum atomic E-state index is -0.489. The highest BCUT2D eigenvalue weighted by atomic mass is 127. The van der Waals surface area contributed by atoms with E-state index in [1.807, 2.05) is 6.92 Å². The van der Waals surface area contributed by atoms with Crippen LogP contribution in [0.2, 0.25) is 0 Å². The Morgan fingerprint density at radius 1 is 1.21 bits per heavy atom. The highest BCUT2D eigenvalue weighted by Gasteiger charge is 2.28. The van der Waals surface area contributed by atoms with Crippen LogP contribution in [0.15, 0.2) is 23.2 Å². The number of halogens is 3. The van der Waals surface area contributed by atoms with Gasteiger partial charge in [0.05, 0.1) is 6.54 Å². The van der Waals surface area contributed by atoms with E-state index in [-0.39, 0.29) is 47.9 Å². The quantitative estimate of drug-likeness (QED) is 0.257. The van der Waals surface area contributed by atoms with Gasteiger partial charge in [0, 0.05) is 31.1 Å². The Bertz CT molecular complexity index is 579. The van der Waals surface area contributed by atoms with Gasteiger partial charge in [-0.15, -0.1) is 24.0 Å². The third-order valence-electron chi connectivity index (χ3n) is 3.42. The van der Waals surface area contributed by atoms with Crippen molar-refractivity contribution in [1.82, 2.24) is 16.0 Å². The summed E-state index contributed by atoms with van der Waals surface area (Å²) in [6, 6.07) is 3.31. The van der Waals surface area contributed by atoms with E-state index in [9.17, 15) is 13.6 Å². The molecule has 0 saturated heterocycles. The third-order valence-corrected chi connectivity index (χ3v) is 3.42. The number of nitrogens with one attached hydrogen (secondary N) is 3. The lowest BCUT2D eigenvalue weighted by Crippen LogP contribution is -2.41. The van der Waals surface area contributed by atoms with Gasteiger partial charge < -0.3 is 16.0 Å². The van der Waals surface area contributed by atoms with Crippen LogP contribution in [0.25, 0.3) is 0 Å². The van der Waals surface area contributed by atoms with Crippen LogP contribution in [0.4, 0.5) is 8.78 Å². The fourth-order valence-electron chi connectivity index (χ4n) is 2.03. The molecule has 1 amide bonds. The standard InChI is InChI=1S/C16H22F2N4O.HI/c1-2-19-16(21-8-7-20-15(23)11-3-4-11)22-10-12-9-13(17)5-6-14(12)18;/h5-6,9,11H,2-4,7-8,10H2,1H3,(H,20,23)(H2,19,21,22);1H. The first-order valence-electron chi connectivity index (χ1n) is 7.84. The third kappa shape index (κ3) is 6.98. The Labute approximate surface area is 157 Å². The lowest BCUT2D eigenvalue weighted by atomic mass is 10.2. The number of carbonyl (C=O) groups excluding carboxylic acids is 1. The molecule has 8 heteroatoms. The average Bonchev–Trinajstić information content (AvgIpc) is 3.36. The molecule has 0 aliphatic heterocycles. The number of hydrogen-bond donors (Lipinski definition) is 3. The predicted octanol–water partition coefficient (Wildman–Crippen LogP) is 2.16. The summed E-state index contributed by atoms with van der Waals surface area (Å²) in [5, 5.41) is 8.91. The van der Waals surface area contributed by atoms with Crippen LogP contribution in [-0.2, 0) is 11.3 Å². The SMILES string of the molecule is CCNC(=NCc1cc(F)ccc1F)NCCNC(=O)C1CC1.I. The number of rotatable bonds is 7. The maximum atomic E-state index is 13.6. The smallest absolute Gasteiger partial charge is 0.223 e. The van der Waals surface area contributed by atoms with Crippen molar-refractivity contribution in [2.75, 3.05) is 19.6 Å². The van der Waals surface area contributed by atoms with Gasteiger partial charge in [-0.05, 0) is 38.0 Å². The summed E-state index contributed by atoms with van der Waals surface area (Å²) in [4.78, 5) is 15.7. The molecule has 5 nitrogen and oxygen atoms in total. The summed E-state index contributed by atoms with van der Waals surface area (Å²) < 4.78 is 26.7.